The molecule has 0 fully saturated rings. The lowest BCUT2D eigenvalue weighted by molar-refractivity contribution is -0.139. The summed E-state index contributed by atoms with van der Waals surface area (Å²) in [7, 11) is -3.49. The smallest absolute Gasteiger partial charge is 0.330 e. The van der Waals surface area contributed by atoms with Gasteiger partial charge in [0.15, 0.2) is 15.9 Å². The number of hydrogen-bond donors (Lipinski definition) is 2. The van der Waals surface area contributed by atoms with Crippen molar-refractivity contribution in [2.45, 2.75) is 31.7 Å². The third-order valence-corrected chi connectivity index (χ3v) is 5.19. The van der Waals surface area contributed by atoms with Crippen LogP contribution in [0.3, 0.4) is 0 Å². The van der Waals surface area contributed by atoms with E-state index in [1.807, 2.05) is 19.9 Å². The first kappa shape index (κ1) is 19.7. The molecule has 2 aromatic carbocycles. The fourth-order valence-electron chi connectivity index (χ4n) is 2.82. The maximum atomic E-state index is 12.5. The highest BCUT2D eigenvalue weighted by Gasteiger charge is 2.24. The van der Waals surface area contributed by atoms with Crippen molar-refractivity contribution < 1.29 is 23.1 Å². The molecule has 0 aliphatic heterocycles. The molecule has 0 aliphatic carbocycles. The van der Waals surface area contributed by atoms with Gasteiger partial charge in [0.2, 0.25) is 0 Å². The maximum Gasteiger partial charge on any atom is 0.330 e. The predicted molar refractivity (Wildman–Crippen MR) is 98.0 cm³/mol. The molecule has 2 rings (SSSR count). The topological polar surface area (TPSA) is 101 Å². The Kier molecular flexibility index (Phi) is 5.51. The molecule has 7 heteroatoms. The van der Waals surface area contributed by atoms with Gasteiger partial charge in [0.1, 0.15) is 0 Å². The SMILES string of the molecule is Cc1cc(C)cc(C(NC(=O)c2ccc(C)c(S(C)(=O)=O)c2)C(=O)O)c1. The summed E-state index contributed by atoms with van der Waals surface area (Å²) < 4.78 is 23.7. The number of aryl methyl sites for hydroxylation is 3. The summed E-state index contributed by atoms with van der Waals surface area (Å²) in [6, 6.07) is 8.33. The monoisotopic (exact) mass is 375 g/mol. The molecule has 0 heterocycles. The molecular weight excluding hydrogens is 354 g/mol. The van der Waals surface area contributed by atoms with Crippen molar-refractivity contribution >= 4 is 21.7 Å². The van der Waals surface area contributed by atoms with Gasteiger partial charge >= 0.3 is 5.97 Å². The minimum Gasteiger partial charge on any atom is -0.479 e. The molecule has 0 aromatic heterocycles. The minimum absolute atomic E-state index is 0.0448. The van der Waals surface area contributed by atoms with E-state index in [2.05, 4.69) is 5.32 Å². The van der Waals surface area contributed by atoms with Crippen LogP contribution in [-0.4, -0.2) is 31.7 Å². The van der Waals surface area contributed by atoms with Gasteiger partial charge < -0.3 is 10.4 Å². The van der Waals surface area contributed by atoms with Gasteiger partial charge in [0.25, 0.3) is 5.91 Å². The van der Waals surface area contributed by atoms with E-state index in [4.69, 9.17) is 0 Å². The van der Waals surface area contributed by atoms with Gasteiger partial charge in [0.05, 0.1) is 4.90 Å². The standard InChI is InChI=1S/C19H21NO5S/c1-11-7-12(2)9-15(8-11)17(19(22)23)20-18(21)14-6-5-13(3)16(10-14)26(4,24)25/h5-10,17H,1-4H3,(H,20,21)(H,22,23). The van der Waals surface area contributed by atoms with E-state index < -0.39 is 27.8 Å². The molecule has 0 aliphatic rings. The van der Waals surface area contributed by atoms with Crippen LogP contribution in [0.4, 0.5) is 0 Å². The van der Waals surface area contributed by atoms with Crippen molar-refractivity contribution in [3.8, 4) is 0 Å². The van der Waals surface area contributed by atoms with Crippen molar-refractivity contribution in [3.05, 3.63) is 64.2 Å². The molecule has 0 saturated carbocycles. The first-order valence-corrected chi connectivity index (χ1v) is 9.81. The van der Waals surface area contributed by atoms with Gasteiger partial charge in [-0.25, -0.2) is 13.2 Å². The number of hydrogen-bond acceptors (Lipinski definition) is 4. The average molecular weight is 375 g/mol. The van der Waals surface area contributed by atoms with E-state index >= 15 is 0 Å². The predicted octanol–water partition coefficient (Wildman–Crippen LogP) is 2.57. The number of rotatable bonds is 5. The molecule has 26 heavy (non-hydrogen) atoms. The second-order valence-electron chi connectivity index (χ2n) is 6.42. The zero-order valence-electron chi connectivity index (χ0n) is 15.0. The molecule has 1 atom stereocenters. The highest BCUT2D eigenvalue weighted by Crippen LogP contribution is 2.20. The Bertz CT molecular complexity index is 959. The molecule has 1 amide bonds. The molecule has 0 saturated heterocycles. The number of sulfone groups is 1. The summed E-state index contributed by atoms with van der Waals surface area (Å²) in [6.07, 6.45) is 1.06. The number of carbonyl (C=O) groups is 2. The Hall–Kier alpha value is -2.67. The van der Waals surface area contributed by atoms with Crippen molar-refractivity contribution in [1.82, 2.24) is 5.32 Å². The lowest BCUT2D eigenvalue weighted by Crippen LogP contribution is -2.34. The van der Waals surface area contributed by atoms with E-state index in [1.54, 1.807) is 19.1 Å². The van der Waals surface area contributed by atoms with Crippen molar-refractivity contribution in [2.24, 2.45) is 0 Å². The average Bonchev–Trinajstić information content (AvgIpc) is 2.50. The van der Waals surface area contributed by atoms with Crippen LogP contribution in [-0.2, 0) is 14.6 Å². The fraction of sp³-hybridized carbons (Fsp3) is 0.263. The Balaban J connectivity index is 2.39. The van der Waals surface area contributed by atoms with Crippen LogP contribution in [0.5, 0.6) is 0 Å². The van der Waals surface area contributed by atoms with Crippen LogP contribution in [0.15, 0.2) is 41.3 Å². The van der Waals surface area contributed by atoms with E-state index in [1.165, 1.54) is 18.2 Å². The number of carboxylic acid groups (broad SMARTS) is 1. The summed E-state index contributed by atoms with van der Waals surface area (Å²) in [5, 5.41) is 12.0. The first-order chi connectivity index (χ1) is 12.0. The van der Waals surface area contributed by atoms with Crippen LogP contribution in [0.25, 0.3) is 0 Å². The highest BCUT2D eigenvalue weighted by atomic mass is 32.2. The fourth-order valence-corrected chi connectivity index (χ4v) is 3.81. The molecule has 1 unspecified atom stereocenters. The van der Waals surface area contributed by atoms with Crippen molar-refractivity contribution in [3.63, 3.8) is 0 Å². The third-order valence-electron chi connectivity index (χ3n) is 3.95. The zero-order valence-corrected chi connectivity index (χ0v) is 15.8. The quantitative estimate of drug-likeness (QED) is 0.836. The Morgan fingerprint density at radius 2 is 1.58 bits per heavy atom. The highest BCUT2D eigenvalue weighted by molar-refractivity contribution is 7.90. The lowest BCUT2D eigenvalue weighted by Gasteiger charge is -2.17. The van der Waals surface area contributed by atoms with Crippen LogP contribution in [0, 0.1) is 20.8 Å². The van der Waals surface area contributed by atoms with Gasteiger partial charge in [-0.15, -0.1) is 0 Å². The number of carbonyl (C=O) groups excluding carboxylic acids is 1. The Morgan fingerprint density at radius 3 is 2.08 bits per heavy atom. The number of nitrogens with one attached hydrogen (secondary N) is 1. The molecule has 2 N–H and O–H groups in total. The summed E-state index contributed by atoms with van der Waals surface area (Å²) >= 11 is 0. The summed E-state index contributed by atoms with van der Waals surface area (Å²) in [5.74, 6) is -1.85. The van der Waals surface area contributed by atoms with Gasteiger partial charge in [-0.2, -0.15) is 0 Å². The molecule has 0 bridgehead atoms. The second kappa shape index (κ2) is 7.29. The van der Waals surface area contributed by atoms with Crippen molar-refractivity contribution in [2.75, 3.05) is 6.26 Å². The van der Waals surface area contributed by atoms with E-state index in [0.29, 0.717) is 11.1 Å². The van der Waals surface area contributed by atoms with E-state index in [9.17, 15) is 23.1 Å². The molecule has 2 aromatic rings. The molecule has 0 radical (unpaired) electrons. The lowest BCUT2D eigenvalue weighted by atomic mass is 10.0. The van der Waals surface area contributed by atoms with Crippen LogP contribution in [0.2, 0.25) is 0 Å². The largest absolute Gasteiger partial charge is 0.479 e. The van der Waals surface area contributed by atoms with Crippen LogP contribution in [0.1, 0.15) is 38.7 Å². The summed E-state index contributed by atoms with van der Waals surface area (Å²) in [6.45, 7) is 5.32. The summed E-state index contributed by atoms with van der Waals surface area (Å²) in [5.41, 5.74) is 2.84. The van der Waals surface area contributed by atoms with Gasteiger partial charge in [-0.3, -0.25) is 4.79 Å². The molecule has 6 nitrogen and oxygen atoms in total. The third kappa shape index (κ3) is 4.49. The summed E-state index contributed by atoms with van der Waals surface area (Å²) in [4.78, 5) is 24.2. The van der Waals surface area contributed by atoms with E-state index in [0.717, 1.165) is 17.4 Å². The number of aliphatic carboxylic acids is 1. The molecule has 138 valence electrons. The number of carboxylic acids is 1. The Morgan fingerprint density at radius 1 is 1.00 bits per heavy atom. The second-order valence-corrected chi connectivity index (χ2v) is 8.40. The number of benzene rings is 2. The van der Waals surface area contributed by atoms with Crippen molar-refractivity contribution in [1.29, 1.82) is 0 Å². The first-order valence-electron chi connectivity index (χ1n) is 7.91. The van der Waals surface area contributed by atoms with Gasteiger partial charge in [-0.1, -0.05) is 35.4 Å². The molecular formula is C19H21NO5S. The number of amides is 1. The molecule has 0 spiro atoms. The van der Waals surface area contributed by atoms with Gasteiger partial charge in [-0.05, 0) is 44.0 Å². The van der Waals surface area contributed by atoms with Gasteiger partial charge in [0, 0.05) is 11.8 Å². The zero-order chi connectivity index (χ0) is 19.6. The van der Waals surface area contributed by atoms with Crippen LogP contribution >= 0.6 is 0 Å². The normalized spacial score (nSPS) is 12.5. The van der Waals surface area contributed by atoms with E-state index in [-0.39, 0.29) is 10.5 Å². The minimum atomic E-state index is -3.49. The maximum absolute atomic E-state index is 12.5. The van der Waals surface area contributed by atoms with Crippen LogP contribution < -0.4 is 5.32 Å². The Labute approximate surface area is 152 Å².